The number of hydrogen-bond donors (Lipinski definition) is 2. The van der Waals surface area contributed by atoms with E-state index >= 15 is 0 Å². The van der Waals surface area contributed by atoms with Crippen molar-refractivity contribution in [2.45, 2.75) is 0 Å². The van der Waals surface area contributed by atoms with Gasteiger partial charge in [-0.15, -0.1) is 0 Å². The van der Waals surface area contributed by atoms with Crippen LogP contribution in [0.3, 0.4) is 0 Å². The van der Waals surface area contributed by atoms with Gasteiger partial charge in [-0.25, -0.2) is 4.79 Å². The van der Waals surface area contributed by atoms with Gasteiger partial charge in [0.1, 0.15) is 6.54 Å². The normalized spacial score (nSPS) is 14.1. The zero-order chi connectivity index (χ0) is 11.7. The van der Waals surface area contributed by atoms with Crippen molar-refractivity contribution in [2.24, 2.45) is 0 Å². The first-order valence-corrected chi connectivity index (χ1v) is 4.47. The number of anilines is 2. The summed E-state index contributed by atoms with van der Waals surface area (Å²) in [6.07, 6.45) is -1.19. The predicted molar refractivity (Wildman–Crippen MR) is 54.8 cm³/mol. The Morgan fingerprint density at radius 2 is 2.38 bits per heavy atom. The summed E-state index contributed by atoms with van der Waals surface area (Å²) in [7, 11) is 1.44. The molecule has 0 spiro atoms. The van der Waals surface area contributed by atoms with Crippen molar-refractivity contribution < 1.29 is 19.4 Å². The van der Waals surface area contributed by atoms with Gasteiger partial charge in [0.05, 0.1) is 12.8 Å². The molecule has 1 aliphatic heterocycles. The molecule has 84 valence electrons. The molecule has 1 aliphatic rings. The molecule has 1 aromatic rings. The quantitative estimate of drug-likeness (QED) is 0.724. The van der Waals surface area contributed by atoms with Gasteiger partial charge in [-0.3, -0.25) is 9.69 Å². The lowest BCUT2D eigenvalue weighted by Crippen LogP contribution is -2.41. The van der Waals surface area contributed by atoms with Gasteiger partial charge in [-0.2, -0.15) is 4.98 Å². The molecule has 2 N–H and O–H groups in total. The van der Waals surface area contributed by atoms with E-state index in [1.165, 1.54) is 19.2 Å². The van der Waals surface area contributed by atoms with Crippen molar-refractivity contribution in [1.82, 2.24) is 4.98 Å². The third-order valence-corrected chi connectivity index (χ3v) is 2.14. The maximum absolute atomic E-state index is 11.2. The molecular weight excluding hydrogens is 214 g/mol. The van der Waals surface area contributed by atoms with Gasteiger partial charge < -0.3 is 15.2 Å². The van der Waals surface area contributed by atoms with Crippen LogP contribution >= 0.6 is 0 Å². The number of nitrogens with zero attached hydrogens (tertiary/aromatic N) is 2. The number of rotatable bonds is 1. The molecule has 0 aliphatic carbocycles. The van der Waals surface area contributed by atoms with Crippen LogP contribution in [-0.2, 0) is 4.79 Å². The molecule has 0 fully saturated rings. The van der Waals surface area contributed by atoms with E-state index in [0.717, 1.165) is 4.90 Å². The van der Waals surface area contributed by atoms with Crippen LogP contribution in [0.2, 0.25) is 0 Å². The number of carbonyl (C=O) groups excluding carboxylic acids is 1. The smallest absolute Gasteiger partial charge is 0.412 e. The number of carbonyl (C=O) groups is 2. The van der Waals surface area contributed by atoms with Crippen molar-refractivity contribution >= 4 is 23.5 Å². The van der Waals surface area contributed by atoms with Crippen molar-refractivity contribution in [3.63, 3.8) is 0 Å². The van der Waals surface area contributed by atoms with E-state index in [4.69, 9.17) is 9.84 Å². The number of hydrogen-bond acceptors (Lipinski definition) is 4. The molecule has 2 amide bonds. The average Bonchev–Trinajstić information content (AvgIpc) is 2.26. The van der Waals surface area contributed by atoms with Gasteiger partial charge in [0.2, 0.25) is 11.8 Å². The van der Waals surface area contributed by atoms with E-state index in [9.17, 15) is 9.59 Å². The van der Waals surface area contributed by atoms with Crippen LogP contribution < -0.4 is 15.0 Å². The van der Waals surface area contributed by atoms with Crippen LogP contribution in [0.5, 0.6) is 5.88 Å². The molecule has 1 aromatic heterocycles. The molecule has 7 heteroatoms. The topological polar surface area (TPSA) is 91.8 Å². The summed E-state index contributed by atoms with van der Waals surface area (Å²) < 4.78 is 4.88. The summed E-state index contributed by atoms with van der Waals surface area (Å²) in [5.74, 6) is 0.0833. The van der Waals surface area contributed by atoms with E-state index in [2.05, 4.69) is 10.3 Å². The molecule has 0 atom stereocenters. The summed E-state index contributed by atoms with van der Waals surface area (Å²) in [4.78, 5) is 27.0. The lowest BCUT2D eigenvalue weighted by Gasteiger charge is -2.25. The first kappa shape index (κ1) is 10.2. The highest BCUT2D eigenvalue weighted by molar-refractivity contribution is 6.06. The Kier molecular flexibility index (Phi) is 2.35. The zero-order valence-corrected chi connectivity index (χ0v) is 8.43. The Morgan fingerprint density at radius 1 is 1.62 bits per heavy atom. The lowest BCUT2D eigenvalue weighted by molar-refractivity contribution is -0.115. The fourth-order valence-corrected chi connectivity index (χ4v) is 1.43. The maximum Gasteiger partial charge on any atom is 0.412 e. The molecule has 0 radical (unpaired) electrons. The Labute approximate surface area is 90.6 Å². The van der Waals surface area contributed by atoms with Crippen LogP contribution in [0, 0.1) is 0 Å². The molecule has 0 saturated carbocycles. The van der Waals surface area contributed by atoms with Crippen LogP contribution in [0.25, 0.3) is 0 Å². The standard InChI is InChI=1S/C9H9N3O4/c1-16-7-3-2-5-8(11-7)10-6(13)4-12(5)9(14)15/h2-3H,4H2,1H3,(H,14,15)(H,10,11,13). The lowest BCUT2D eigenvalue weighted by atomic mass is 10.3. The highest BCUT2D eigenvalue weighted by Crippen LogP contribution is 2.29. The third kappa shape index (κ3) is 1.62. The molecule has 0 saturated heterocycles. The maximum atomic E-state index is 11.2. The minimum atomic E-state index is -1.19. The first-order valence-electron chi connectivity index (χ1n) is 4.47. The molecule has 2 heterocycles. The summed E-state index contributed by atoms with van der Waals surface area (Å²) in [5.41, 5.74) is 0.341. The number of fused-ring (bicyclic) bond motifs is 1. The third-order valence-electron chi connectivity index (χ3n) is 2.14. The molecule has 0 unspecified atom stereocenters. The number of ether oxygens (including phenoxy) is 1. The van der Waals surface area contributed by atoms with Gasteiger partial charge in [-0.1, -0.05) is 0 Å². The molecular formula is C9H9N3O4. The van der Waals surface area contributed by atoms with Crippen LogP contribution in [-0.4, -0.2) is 35.7 Å². The fourth-order valence-electron chi connectivity index (χ4n) is 1.43. The summed E-state index contributed by atoms with van der Waals surface area (Å²) in [6.45, 7) is -0.226. The number of amides is 2. The van der Waals surface area contributed by atoms with Crippen LogP contribution in [0.4, 0.5) is 16.3 Å². The van der Waals surface area contributed by atoms with E-state index in [1.807, 2.05) is 0 Å². The van der Waals surface area contributed by atoms with E-state index in [-0.39, 0.29) is 12.4 Å². The Bertz CT molecular complexity index is 460. The van der Waals surface area contributed by atoms with Gasteiger partial charge in [0.25, 0.3) is 0 Å². The molecule has 2 rings (SSSR count). The largest absolute Gasteiger partial charge is 0.481 e. The van der Waals surface area contributed by atoms with Crippen molar-refractivity contribution in [3.8, 4) is 5.88 Å². The predicted octanol–water partition coefficient (Wildman–Crippen LogP) is 0.527. The van der Waals surface area contributed by atoms with Gasteiger partial charge in [0, 0.05) is 6.07 Å². The monoisotopic (exact) mass is 223 g/mol. The molecule has 16 heavy (non-hydrogen) atoms. The second-order valence-electron chi connectivity index (χ2n) is 3.14. The van der Waals surface area contributed by atoms with Crippen molar-refractivity contribution in [1.29, 1.82) is 0 Å². The average molecular weight is 223 g/mol. The number of aromatic nitrogens is 1. The Morgan fingerprint density at radius 3 is 3.00 bits per heavy atom. The highest BCUT2D eigenvalue weighted by atomic mass is 16.5. The van der Waals surface area contributed by atoms with Crippen molar-refractivity contribution in [3.05, 3.63) is 12.1 Å². The summed E-state index contributed by atoms with van der Waals surface area (Å²) in [5, 5.41) is 11.4. The van der Waals surface area contributed by atoms with Gasteiger partial charge in [0.15, 0.2) is 5.82 Å². The SMILES string of the molecule is COc1ccc2c(n1)NC(=O)CN2C(=O)O. The summed E-state index contributed by atoms with van der Waals surface area (Å²) >= 11 is 0. The second kappa shape index (κ2) is 3.69. The minimum Gasteiger partial charge on any atom is -0.481 e. The number of nitrogens with one attached hydrogen (secondary N) is 1. The van der Waals surface area contributed by atoms with E-state index < -0.39 is 12.0 Å². The Balaban J connectivity index is 2.47. The molecule has 0 aromatic carbocycles. The number of pyridine rings is 1. The van der Waals surface area contributed by atoms with Gasteiger partial charge in [-0.05, 0) is 6.07 Å². The minimum absolute atomic E-state index is 0.193. The zero-order valence-electron chi connectivity index (χ0n) is 8.43. The number of carboxylic acid groups (broad SMARTS) is 1. The van der Waals surface area contributed by atoms with E-state index in [1.54, 1.807) is 0 Å². The fraction of sp³-hybridized carbons (Fsp3) is 0.222. The van der Waals surface area contributed by atoms with Crippen molar-refractivity contribution in [2.75, 3.05) is 23.9 Å². The van der Waals surface area contributed by atoms with E-state index in [0.29, 0.717) is 11.6 Å². The van der Waals surface area contributed by atoms with Crippen LogP contribution in [0.15, 0.2) is 12.1 Å². The highest BCUT2D eigenvalue weighted by Gasteiger charge is 2.27. The molecule has 7 nitrogen and oxygen atoms in total. The second-order valence-corrected chi connectivity index (χ2v) is 3.14. The Hall–Kier alpha value is -2.31. The number of methoxy groups -OCH3 is 1. The van der Waals surface area contributed by atoms with Gasteiger partial charge >= 0.3 is 6.09 Å². The molecule has 0 bridgehead atoms. The first-order chi connectivity index (χ1) is 7.61. The van der Waals surface area contributed by atoms with Crippen LogP contribution in [0.1, 0.15) is 0 Å². The summed E-state index contributed by atoms with van der Waals surface area (Å²) in [6, 6.07) is 3.07.